The summed E-state index contributed by atoms with van der Waals surface area (Å²) >= 11 is 6.14. The Kier molecular flexibility index (Phi) is 4.04. The average molecular weight is 281 g/mol. The number of carbonyl (C=O) groups excluding carboxylic acids is 1. The van der Waals surface area contributed by atoms with Crippen LogP contribution in [0, 0.1) is 0 Å². The maximum atomic E-state index is 12.1. The van der Waals surface area contributed by atoms with Gasteiger partial charge in [0, 0.05) is 19.8 Å². The summed E-state index contributed by atoms with van der Waals surface area (Å²) in [4.78, 5) is 22.5. The third-order valence-corrected chi connectivity index (χ3v) is 3.28. The van der Waals surface area contributed by atoms with E-state index in [0.29, 0.717) is 18.0 Å². The molecule has 6 heteroatoms. The van der Waals surface area contributed by atoms with E-state index < -0.39 is 0 Å². The zero-order chi connectivity index (χ0) is 14.0. The molecule has 0 fully saturated rings. The van der Waals surface area contributed by atoms with Crippen LogP contribution in [0.2, 0.25) is 0 Å². The van der Waals surface area contributed by atoms with Gasteiger partial charge in [0.2, 0.25) is 5.91 Å². The van der Waals surface area contributed by atoms with E-state index in [1.807, 2.05) is 26.0 Å². The lowest BCUT2D eigenvalue weighted by molar-refractivity contribution is -0.130. The summed E-state index contributed by atoms with van der Waals surface area (Å²) in [5, 5.41) is -0.270. The average Bonchev–Trinajstić information content (AvgIpc) is 2.77. The fourth-order valence-electron chi connectivity index (χ4n) is 1.87. The number of imidazole rings is 1. The molecule has 0 aliphatic rings. The van der Waals surface area contributed by atoms with Crippen molar-refractivity contribution in [3.63, 3.8) is 0 Å². The molecule has 2 rings (SSSR count). The number of rotatable bonds is 4. The molecule has 0 spiro atoms. The Morgan fingerprint density at radius 1 is 1.58 bits per heavy atom. The van der Waals surface area contributed by atoms with Gasteiger partial charge in [0.25, 0.3) is 0 Å². The molecule has 0 aromatic carbocycles. The number of alkyl halides is 1. The third-order valence-electron chi connectivity index (χ3n) is 3.08. The SMILES string of the molecule is CCN(C)C(=O)Cn1c(C(C)Cl)nc2cccnc21. The highest BCUT2D eigenvalue weighted by Crippen LogP contribution is 2.23. The molecule has 0 N–H and O–H groups in total. The van der Waals surface area contributed by atoms with E-state index in [1.54, 1.807) is 22.7 Å². The van der Waals surface area contributed by atoms with Crippen LogP contribution in [0.5, 0.6) is 0 Å². The van der Waals surface area contributed by atoms with Crippen molar-refractivity contribution < 1.29 is 4.79 Å². The molecule has 0 saturated carbocycles. The van der Waals surface area contributed by atoms with Gasteiger partial charge < -0.3 is 9.47 Å². The largest absolute Gasteiger partial charge is 0.344 e. The van der Waals surface area contributed by atoms with Gasteiger partial charge in [-0.3, -0.25) is 4.79 Å². The second kappa shape index (κ2) is 5.57. The Morgan fingerprint density at radius 2 is 2.32 bits per heavy atom. The Bertz CT molecular complexity index is 593. The number of halogens is 1. The smallest absolute Gasteiger partial charge is 0.242 e. The second-order valence-corrected chi connectivity index (χ2v) is 5.08. The van der Waals surface area contributed by atoms with Crippen LogP contribution < -0.4 is 0 Å². The molecule has 1 atom stereocenters. The number of aromatic nitrogens is 3. The molecule has 0 aliphatic heterocycles. The van der Waals surface area contributed by atoms with Gasteiger partial charge >= 0.3 is 0 Å². The number of fused-ring (bicyclic) bond motifs is 1. The normalized spacial score (nSPS) is 12.6. The third kappa shape index (κ3) is 2.71. The van der Waals surface area contributed by atoms with Crippen molar-refractivity contribution in [2.75, 3.05) is 13.6 Å². The van der Waals surface area contributed by atoms with E-state index in [9.17, 15) is 4.79 Å². The summed E-state index contributed by atoms with van der Waals surface area (Å²) in [7, 11) is 1.78. The van der Waals surface area contributed by atoms with Crippen molar-refractivity contribution in [3.8, 4) is 0 Å². The maximum Gasteiger partial charge on any atom is 0.242 e. The summed E-state index contributed by atoms with van der Waals surface area (Å²) in [5.74, 6) is 0.694. The van der Waals surface area contributed by atoms with E-state index in [-0.39, 0.29) is 17.8 Å². The molecule has 102 valence electrons. The Balaban J connectivity index is 2.45. The van der Waals surface area contributed by atoms with E-state index >= 15 is 0 Å². The first-order chi connectivity index (χ1) is 9.04. The van der Waals surface area contributed by atoms with Crippen LogP contribution in [0.4, 0.5) is 0 Å². The number of hydrogen-bond donors (Lipinski definition) is 0. The monoisotopic (exact) mass is 280 g/mol. The molecule has 2 aromatic heterocycles. The minimum absolute atomic E-state index is 0.0195. The van der Waals surface area contributed by atoms with Gasteiger partial charge in [-0.1, -0.05) is 0 Å². The molecule has 1 amide bonds. The number of carbonyl (C=O) groups is 1. The Labute approximate surface area is 117 Å². The molecule has 5 nitrogen and oxygen atoms in total. The lowest BCUT2D eigenvalue weighted by Crippen LogP contribution is -2.30. The highest BCUT2D eigenvalue weighted by atomic mass is 35.5. The molecule has 19 heavy (non-hydrogen) atoms. The number of hydrogen-bond acceptors (Lipinski definition) is 3. The van der Waals surface area contributed by atoms with Gasteiger partial charge in [-0.15, -0.1) is 11.6 Å². The molecule has 0 bridgehead atoms. The number of nitrogens with zero attached hydrogens (tertiary/aromatic N) is 4. The van der Waals surface area contributed by atoms with E-state index in [0.717, 1.165) is 5.52 Å². The summed E-state index contributed by atoms with van der Waals surface area (Å²) in [6.45, 7) is 4.66. The molecule has 2 aromatic rings. The predicted molar refractivity (Wildman–Crippen MR) is 75.1 cm³/mol. The fourth-order valence-corrected chi connectivity index (χ4v) is 2.03. The first-order valence-corrected chi connectivity index (χ1v) is 6.67. The second-order valence-electron chi connectivity index (χ2n) is 4.43. The standard InChI is InChI=1S/C13H17ClN4O/c1-4-17(3)11(19)8-18-12(9(2)14)16-10-6-5-7-15-13(10)18/h5-7,9H,4,8H2,1-3H3. The predicted octanol–water partition coefficient (Wildman–Crippen LogP) is 2.21. The molecule has 2 heterocycles. The van der Waals surface area contributed by atoms with Crippen molar-refractivity contribution in [1.82, 2.24) is 19.4 Å². The minimum atomic E-state index is -0.270. The van der Waals surface area contributed by atoms with Crippen molar-refractivity contribution in [3.05, 3.63) is 24.2 Å². The number of amides is 1. The summed E-state index contributed by atoms with van der Waals surface area (Å²) in [6.07, 6.45) is 1.69. The summed E-state index contributed by atoms with van der Waals surface area (Å²) < 4.78 is 1.79. The zero-order valence-corrected chi connectivity index (χ0v) is 12.1. The van der Waals surface area contributed by atoms with Gasteiger partial charge in [0.15, 0.2) is 5.65 Å². The topological polar surface area (TPSA) is 51.0 Å². The fraction of sp³-hybridized carbons (Fsp3) is 0.462. The number of likely N-dealkylation sites (N-methyl/N-ethyl adjacent to an activating group) is 1. The highest BCUT2D eigenvalue weighted by molar-refractivity contribution is 6.20. The van der Waals surface area contributed by atoms with Gasteiger partial charge in [-0.2, -0.15) is 0 Å². The quantitative estimate of drug-likeness (QED) is 0.807. The first-order valence-electron chi connectivity index (χ1n) is 6.23. The molecular weight excluding hydrogens is 264 g/mol. The van der Waals surface area contributed by atoms with Crippen molar-refractivity contribution >= 4 is 28.7 Å². The number of pyridine rings is 1. The zero-order valence-electron chi connectivity index (χ0n) is 11.3. The van der Waals surface area contributed by atoms with E-state index in [2.05, 4.69) is 9.97 Å². The van der Waals surface area contributed by atoms with Crippen LogP contribution in [0.3, 0.4) is 0 Å². The van der Waals surface area contributed by atoms with E-state index in [4.69, 9.17) is 11.6 Å². The molecule has 0 saturated heterocycles. The maximum absolute atomic E-state index is 12.1. The summed E-state index contributed by atoms with van der Waals surface area (Å²) in [6, 6.07) is 3.69. The van der Waals surface area contributed by atoms with Crippen LogP contribution in [0.1, 0.15) is 25.0 Å². The van der Waals surface area contributed by atoms with Crippen molar-refractivity contribution in [2.45, 2.75) is 25.8 Å². The van der Waals surface area contributed by atoms with Crippen LogP contribution >= 0.6 is 11.6 Å². The van der Waals surface area contributed by atoms with Crippen molar-refractivity contribution in [1.29, 1.82) is 0 Å². The Hall–Kier alpha value is -1.62. The summed E-state index contributed by atoms with van der Waals surface area (Å²) in [5.41, 5.74) is 1.46. The highest BCUT2D eigenvalue weighted by Gasteiger charge is 2.18. The van der Waals surface area contributed by atoms with Gasteiger partial charge in [0.05, 0.1) is 5.38 Å². The van der Waals surface area contributed by atoms with E-state index in [1.165, 1.54) is 0 Å². The van der Waals surface area contributed by atoms with Crippen molar-refractivity contribution in [2.24, 2.45) is 0 Å². The molecule has 0 aliphatic carbocycles. The van der Waals surface area contributed by atoms with Crippen LogP contribution in [-0.2, 0) is 11.3 Å². The lowest BCUT2D eigenvalue weighted by atomic mass is 10.4. The Morgan fingerprint density at radius 3 is 2.95 bits per heavy atom. The van der Waals surface area contributed by atoms with Crippen LogP contribution in [-0.4, -0.2) is 38.9 Å². The minimum Gasteiger partial charge on any atom is -0.344 e. The molecule has 1 unspecified atom stereocenters. The first kappa shape index (κ1) is 13.8. The molecule has 0 radical (unpaired) electrons. The molecular formula is C13H17ClN4O. The van der Waals surface area contributed by atoms with Gasteiger partial charge in [-0.05, 0) is 26.0 Å². The van der Waals surface area contributed by atoms with Crippen LogP contribution in [0.15, 0.2) is 18.3 Å². The van der Waals surface area contributed by atoms with Gasteiger partial charge in [0.1, 0.15) is 17.9 Å². The van der Waals surface area contributed by atoms with Crippen LogP contribution in [0.25, 0.3) is 11.2 Å². The van der Waals surface area contributed by atoms with Gasteiger partial charge in [-0.25, -0.2) is 9.97 Å². The lowest BCUT2D eigenvalue weighted by Gasteiger charge is -2.16.